The number of carbonyl (C=O) groups excluding carboxylic acids is 2. The fourth-order valence-corrected chi connectivity index (χ4v) is 3.84. The third kappa shape index (κ3) is 3.89. The van der Waals surface area contributed by atoms with Gasteiger partial charge in [-0.05, 0) is 43.2 Å². The quantitative estimate of drug-likeness (QED) is 0.542. The number of benzene rings is 1. The molecule has 1 atom stereocenters. The maximum Gasteiger partial charge on any atom is 0.255 e. The Hall–Kier alpha value is -2.93. The van der Waals surface area contributed by atoms with Crippen molar-refractivity contribution in [2.45, 2.75) is 44.2 Å². The highest BCUT2D eigenvalue weighted by atomic mass is 35.5. The van der Waals surface area contributed by atoms with Crippen molar-refractivity contribution in [2.75, 3.05) is 0 Å². The third-order valence-corrected chi connectivity index (χ3v) is 6.08. The predicted molar refractivity (Wildman–Crippen MR) is 113 cm³/mol. The molecule has 2 heterocycles. The Morgan fingerprint density at radius 2 is 2.00 bits per heavy atom. The van der Waals surface area contributed by atoms with Crippen molar-refractivity contribution in [2.24, 2.45) is 5.92 Å². The van der Waals surface area contributed by atoms with Crippen LogP contribution in [0.4, 0.5) is 0 Å². The summed E-state index contributed by atoms with van der Waals surface area (Å²) < 4.78 is 0. The molecule has 2 aliphatic carbocycles. The molecule has 154 valence electrons. The second kappa shape index (κ2) is 7.72. The number of H-pyrrole nitrogens is 1. The minimum atomic E-state index is -0.579. The lowest BCUT2D eigenvalue weighted by molar-refractivity contribution is -0.123. The van der Waals surface area contributed by atoms with Crippen LogP contribution in [-0.2, 0) is 11.3 Å². The lowest BCUT2D eigenvalue weighted by Gasteiger charge is -2.18. The second-order valence-corrected chi connectivity index (χ2v) is 8.47. The van der Waals surface area contributed by atoms with E-state index in [1.807, 2.05) is 18.2 Å². The Morgan fingerprint density at radius 3 is 2.73 bits per heavy atom. The molecular weight excluding hydrogens is 402 g/mol. The summed E-state index contributed by atoms with van der Waals surface area (Å²) in [5.74, 6) is 0.0877. The highest BCUT2D eigenvalue weighted by Crippen LogP contribution is 2.39. The molecule has 0 saturated heterocycles. The van der Waals surface area contributed by atoms with Crippen LogP contribution in [0.3, 0.4) is 0 Å². The maximum atomic E-state index is 13.0. The van der Waals surface area contributed by atoms with Crippen LogP contribution < -0.4 is 10.6 Å². The lowest BCUT2D eigenvalue weighted by atomic mass is 10.1. The number of carbonyl (C=O) groups is 2. The van der Waals surface area contributed by atoms with Crippen molar-refractivity contribution in [3.05, 3.63) is 58.5 Å². The van der Waals surface area contributed by atoms with E-state index in [2.05, 4.69) is 25.6 Å². The monoisotopic (exact) mass is 423 g/mol. The highest BCUT2D eigenvalue weighted by Gasteiger charge is 2.38. The Balaban J connectivity index is 1.30. The number of amides is 2. The van der Waals surface area contributed by atoms with E-state index < -0.39 is 6.04 Å². The van der Waals surface area contributed by atoms with Gasteiger partial charge in [0.05, 0.1) is 17.5 Å². The summed E-state index contributed by atoms with van der Waals surface area (Å²) in [7, 11) is 0. The predicted octanol–water partition coefficient (Wildman–Crippen LogP) is 3.31. The molecule has 5 rings (SSSR count). The molecule has 0 radical (unpaired) electrons. The summed E-state index contributed by atoms with van der Waals surface area (Å²) in [5, 5.41) is 6.43. The zero-order valence-corrected chi connectivity index (χ0v) is 17.1. The average molecular weight is 424 g/mol. The minimum Gasteiger partial charge on any atom is -0.350 e. The first kappa shape index (κ1) is 19.1. The van der Waals surface area contributed by atoms with Gasteiger partial charge in [0, 0.05) is 23.7 Å². The summed E-state index contributed by atoms with van der Waals surface area (Å²) in [4.78, 5) is 37.9. The van der Waals surface area contributed by atoms with Crippen molar-refractivity contribution in [1.29, 1.82) is 0 Å². The summed E-state index contributed by atoms with van der Waals surface area (Å²) in [6.45, 7) is 0.320. The normalized spacial score (nSPS) is 17.0. The molecule has 2 amide bonds. The number of hydrogen-bond donors (Lipinski definition) is 3. The number of nitrogens with one attached hydrogen (secondary N) is 3. The van der Waals surface area contributed by atoms with E-state index in [-0.39, 0.29) is 17.7 Å². The number of fused-ring (bicyclic) bond motifs is 1. The van der Waals surface area contributed by atoms with Crippen LogP contribution in [0, 0.1) is 5.92 Å². The fourth-order valence-electron chi connectivity index (χ4n) is 3.63. The van der Waals surface area contributed by atoms with Crippen LogP contribution in [0.25, 0.3) is 11.2 Å². The molecule has 2 aromatic heterocycles. The molecule has 3 N–H and O–H groups in total. The van der Waals surface area contributed by atoms with Gasteiger partial charge in [-0.1, -0.05) is 29.8 Å². The van der Waals surface area contributed by atoms with Crippen molar-refractivity contribution >= 4 is 34.6 Å². The van der Waals surface area contributed by atoms with E-state index in [1.165, 1.54) is 0 Å². The second-order valence-electron chi connectivity index (χ2n) is 8.07. The Labute approximate surface area is 178 Å². The molecule has 30 heavy (non-hydrogen) atoms. The van der Waals surface area contributed by atoms with Gasteiger partial charge in [-0.15, -0.1) is 0 Å². The van der Waals surface area contributed by atoms with Crippen LogP contribution in [-0.4, -0.2) is 32.8 Å². The Bertz CT molecular complexity index is 1120. The van der Waals surface area contributed by atoms with Gasteiger partial charge >= 0.3 is 0 Å². The van der Waals surface area contributed by atoms with Gasteiger partial charge in [0.15, 0.2) is 5.65 Å². The van der Waals surface area contributed by atoms with Crippen LogP contribution in [0.1, 0.15) is 53.2 Å². The molecule has 0 spiro atoms. The highest BCUT2D eigenvalue weighted by molar-refractivity contribution is 6.31. The summed E-state index contributed by atoms with van der Waals surface area (Å²) >= 11 is 6.17. The molecule has 7 nitrogen and oxygen atoms in total. The molecule has 2 fully saturated rings. The Morgan fingerprint density at radius 1 is 1.20 bits per heavy atom. The van der Waals surface area contributed by atoms with Crippen molar-refractivity contribution in [1.82, 2.24) is 25.6 Å². The lowest BCUT2D eigenvalue weighted by Crippen LogP contribution is -2.48. The molecule has 1 aromatic carbocycles. The van der Waals surface area contributed by atoms with Gasteiger partial charge in [0.1, 0.15) is 11.6 Å². The van der Waals surface area contributed by atoms with Crippen LogP contribution >= 0.6 is 11.6 Å². The topological polar surface area (TPSA) is 99.8 Å². The zero-order chi connectivity index (χ0) is 20.7. The summed E-state index contributed by atoms with van der Waals surface area (Å²) in [6.07, 6.45) is 7.45. The largest absolute Gasteiger partial charge is 0.350 e. The number of rotatable bonds is 7. The number of halogens is 1. The number of hydrogen-bond acceptors (Lipinski definition) is 4. The third-order valence-electron chi connectivity index (χ3n) is 5.71. The minimum absolute atomic E-state index is 0.151. The average Bonchev–Trinajstić information content (AvgIpc) is 3.67. The van der Waals surface area contributed by atoms with E-state index in [9.17, 15) is 9.59 Å². The number of aromatic amines is 1. The van der Waals surface area contributed by atoms with Gasteiger partial charge in [-0.25, -0.2) is 9.97 Å². The molecular formula is C22H22ClN5O2. The van der Waals surface area contributed by atoms with Crippen molar-refractivity contribution in [3.8, 4) is 0 Å². The smallest absolute Gasteiger partial charge is 0.255 e. The first-order valence-electron chi connectivity index (χ1n) is 10.3. The summed E-state index contributed by atoms with van der Waals surface area (Å²) in [5.41, 5.74) is 3.32. The number of aromatic nitrogens is 3. The van der Waals surface area contributed by atoms with E-state index in [4.69, 9.17) is 11.6 Å². The molecule has 0 unspecified atom stereocenters. The first-order valence-corrected chi connectivity index (χ1v) is 10.6. The van der Waals surface area contributed by atoms with Crippen LogP contribution in [0.2, 0.25) is 5.02 Å². The van der Waals surface area contributed by atoms with E-state index in [0.29, 0.717) is 34.2 Å². The molecule has 0 aliphatic heterocycles. The van der Waals surface area contributed by atoms with Crippen LogP contribution in [0.5, 0.6) is 0 Å². The maximum absolute atomic E-state index is 13.0. The molecule has 3 aromatic rings. The van der Waals surface area contributed by atoms with E-state index in [0.717, 1.165) is 36.9 Å². The van der Waals surface area contributed by atoms with Gasteiger partial charge < -0.3 is 15.6 Å². The zero-order valence-electron chi connectivity index (χ0n) is 16.3. The van der Waals surface area contributed by atoms with Crippen molar-refractivity contribution in [3.63, 3.8) is 0 Å². The molecule has 8 heteroatoms. The van der Waals surface area contributed by atoms with Crippen LogP contribution in [0.15, 0.2) is 36.7 Å². The summed E-state index contributed by atoms with van der Waals surface area (Å²) in [6, 6.07) is 6.80. The van der Waals surface area contributed by atoms with Gasteiger partial charge in [-0.2, -0.15) is 0 Å². The molecule has 0 bridgehead atoms. The molecule has 2 aliphatic rings. The fraction of sp³-hybridized carbons (Fsp3) is 0.364. The van der Waals surface area contributed by atoms with Gasteiger partial charge in [0.25, 0.3) is 5.91 Å². The standard InChI is InChI=1S/C22H22ClN5O2/c23-16-4-2-1-3-14(16)9-26-22(30)18(13-7-8-13)28-21(29)15-10-24-20-19(15)27-17(11-25-20)12-5-6-12/h1-4,10-13,18H,5-9H2,(H,24,25)(H,26,30)(H,28,29)/t18-/m1/s1. The van der Waals surface area contributed by atoms with Gasteiger partial charge in [0.2, 0.25) is 5.91 Å². The Kier molecular flexibility index (Phi) is 4.90. The van der Waals surface area contributed by atoms with Gasteiger partial charge in [-0.3, -0.25) is 9.59 Å². The van der Waals surface area contributed by atoms with E-state index in [1.54, 1.807) is 18.5 Å². The number of nitrogens with zero attached hydrogens (tertiary/aromatic N) is 2. The first-order chi connectivity index (χ1) is 14.6. The van der Waals surface area contributed by atoms with Crippen molar-refractivity contribution < 1.29 is 9.59 Å². The SMILES string of the molecule is O=C(N[C@@H](C(=O)NCc1ccccc1Cl)C1CC1)c1c[nH]c2ncc(C3CC3)nc12. The molecule has 2 saturated carbocycles. The van der Waals surface area contributed by atoms with E-state index >= 15 is 0 Å².